The van der Waals surface area contributed by atoms with Gasteiger partial charge >= 0.3 is 0 Å². The fraction of sp³-hybridized carbons (Fsp3) is 0.421. The predicted octanol–water partition coefficient (Wildman–Crippen LogP) is 1.39. The molecule has 31 heavy (non-hydrogen) atoms. The van der Waals surface area contributed by atoms with Crippen LogP contribution >= 0.6 is 15.9 Å². The van der Waals surface area contributed by atoms with Gasteiger partial charge in [0, 0.05) is 38.4 Å². The van der Waals surface area contributed by atoms with Crippen LogP contribution in [0.4, 0.5) is 17.5 Å². The van der Waals surface area contributed by atoms with Crippen molar-refractivity contribution >= 4 is 49.3 Å². The minimum Gasteiger partial charge on any atom is -0.351 e. The highest BCUT2D eigenvalue weighted by Gasteiger charge is 2.28. The van der Waals surface area contributed by atoms with Crippen LogP contribution in [0.3, 0.4) is 0 Å². The van der Waals surface area contributed by atoms with Crippen molar-refractivity contribution < 1.29 is 13.2 Å². The number of nitrogens with one attached hydrogen (secondary N) is 3. The third kappa shape index (κ3) is 4.81. The van der Waals surface area contributed by atoms with Gasteiger partial charge in [0.25, 0.3) is 5.91 Å². The molecule has 12 heteroatoms. The number of carbonyl (C=O) groups excluding carboxylic acids is 1. The van der Waals surface area contributed by atoms with Crippen molar-refractivity contribution in [2.45, 2.75) is 25.4 Å². The molecule has 0 spiro atoms. The molecule has 5 N–H and O–H groups in total. The first kappa shape index (κ1) is 21.9. The van der Waals surface area contributed by atoms with Crippen molar-refractivity contribution in [2.75, 3.05) is 36.0 Å². The number of sulfonamides is 1. The Morgan fingerprint density at radius 2 is 2.06 bits per heavy atom. The molecular formula is C19H24BrN7O3S. The first-order chi connectivity index (χ1) is 14.9. The summed E-state index contributed by atoms with van der Waals surface area (Å²) in [6, 6.07) is 5.70. The molecule has 0 unspecified atom stereocenters. The van der Waals surface area contributed by atoms with Crippen LogP contribution in [0.15, 0.2) is 28.9 Å². The Labute approximate surface area is 189 Å². The summed E-state index contributed by atoms with van der Waals surface area (Å²) in [6.45, 7) is 1.51. The lowest BCUT2D eigenvalue weighted by atomic mass is 10.1. The Morgan fingerprint density at radius 1 is 1.29 bits per heavy atom. The van der Waals surface area contributed by atoms with Gasteiger partial charge in [0.1, 0.15) is 5.82 Å². The molecule has 3 heterocycles. The summed E-state index contributed by atoms with van der Waals surface area (Å²) < 4.78 is 26.5. The molecule has 1 saturated heterocycles. The second kappa shape index (κ2) is 9.07. The number of carbonyl (C=O) groups is 1. The number of aromatic nitrogens is 2. The predicted molar refractivity (Wildman–Crippen MR) is 122 cm³/mol. The second-order valence-corrected chi connectivity index (χ2v) is 10.4. The second-order valence-electron chi connectivity index (χ2n) is 7.46. The minimum absolute atomic E-state index is 0.0306. The molecule has 0 atom stereocenters. The summed E-state index contributed by atoms with van der Waals surface area (Å²) in [5.74, 6) is 0.828. The van der Waals surface area contributed by atoms with E-state index in [1.807, 2.05) is 18.2 Å². The highest BCUT2D eigenvalue weighted by Crippen LogP contribution is 2.30. The first-order valence-corrected chi connectivity index (χ1v) is 12.4. The molecule has 10 nitrogen and oxygen atoms in total. The third-order valence-corrected chi connectivity index (χ3v) is 7.85. The number of amides is 1. The Balaban J connectivity index is 1.44. The van der Waals surface area contributed by atoms with Gasteiger partial charge in [0.2, 0.25) is 16.0 Å². The van der Waals surface area contributed by atoms with E-state index in [9.17, 15) is 13.2 Å². The summed E-state index contributed by atoms with van der Waals surface area (Å²) in [5, 5.41) is 9.34. The van der Waals surface area contributed by atoms with E-state index in [0.717, 1.165) is 5.56 Å². The molecular weight excluding hydrogens is 486 g/mol. The SMILES string of the molecule is NCCS(=O)(=O)N1CCC(Nc2ncc(Br)c(Nc3cccc4c3C(=O)NC4)n2)CC1. The van der Waals surface area contributed by atoms with E-state index in [-0.39, 0.29) is 24.2 Å². The zero-order valence-corrected chi connectivity index (χ0v) is 19.2. The van der Waals surface area contributed by atoms with E-state index in [2.05, 4.69) is 41.8 Å². The van der Waals surface area contributed by atoms with Crippen LogP contribution in [0.1, 0.15) is 28.8 Å². The van der Waals surface area contributed by atoms with Crippen molar-refractivity contribution in [3.05, 3.63) is 40.0 Å². The van der Waals surface area contributed by atoms with Gasteiger partial charge in [-0.25, -0.2) is 17.7 Å². The van der Waals surface area contributed by atoms with Gasteiger partial charge in [-0.3, -0.25) is 4.79 Å². The molecule has 1 aromatic carbocycles. The van der Waals surface area contributed by atoms with Crippen molar-refractivity contribution in [1.82, 2.24) is 19.6 Å². The van der Waals surface area contributed by atoms with Gasteiger partial charge in [-0.15, -0.1) is 0 Å². The van der Waals surface area contributed by atoms with Crippen LogP contribution in [-0.4, -0.2) is 60.0 Å². The van der Waals surface area contributed by atoms with Crippen LogP contribution in [-0.2, 0) is 16.6 Å². The average molecular weight is 510 g/mol. The number of hydrogen-bond donors (Lipinski definition) is 4. The fourth-order valence-electron chi connectivity index (χ4n) is 3.77. The topological polar surface area (TPSA) is 142 Å². The largest absolute Gasteiger partial charge is 0.351 e. The lowest BCUT2D eigenvalue weighted by Crippen LogP contribution is -2.44. The maximum Gasteiger partial charge on any atom is 0.254 e. The normalized spacial score (nSPS) is 17.3. The zero-order chi connectivity index (χ0) is 22.0. The van der Waals surface area contributed by atoms with Crippen molar-refractivity contribution in [3.63, 3.8) is 0 Å². The van der Waals surface area contributed by atoms with Crippen LogP contribution in [0.5, 0.6) is 0 Å². The minimum atomic E-state index is -3.29. The van der Waals surface area contributed by atoms with Crippen LogP contribution < -0.4 is 21.7 Å². The number of nitrogens with two attached hydrogens (primary N) is 1. The number of piperidine rings is 1. The van der Waals surface area contributed by atoms with Crippen molar-refractivity contribution in [2.24, 2.45) is 5.73 Å². The molecule has 0 bridgehead atoms. The molecule has 2 aliphatic heterocycles. The maximum atomic E-state index is 12.2. The molecule has 1 aromatic heterocycles. The standard InChI is InChI=1S/C19H24BrN7O3S/c20-14-11-23-19(24-13-4-7-27(8-5-13)31(29,30)9-6-21)26-17(14)25-15-3-1-2-12-10-22-18(28)16(12)15/h1-3,11,13H,4-10,21H2,(H,22,28)(H2,23,24,25,26). The summed E-state index contributed by atoms with van der Waals surface area (Å²) in [4.78, 5) is 21.0. The maximum absolute atomic E-state index is 12.2. The monoisotopic (exact) mass is 509 g/mol. The number of fused-ring (bicyclic) bond motifs is 1. The summed E-state index contributed by atoms with van der Waals surface area (Å²) in [5.41, 5.74) is 7.64. The quantitative estimate of drug-likeness (QED) is 0.438. The number of rotatable bonds is 7. The van der Waals surface area contributed by atoms with E-state index in [1.165, 1.54) is 4.31 Å². The summed E-state index contributed by atoms with van der Waals surface area (Å²) >= 11 is 3.45. The van der Waals surface area contributed by atoms with Gasteiger partial charge in [-0.05, 0) is 40.4 Å². The molecule has 4 rings (SSSR count). The first-order valence-electron chi connectivity index (χ1n) is 10.0. The molecule has 0 saturated carbocycles. The van der Waals surface area contributed by atoms with E-state index >= 15 is 0 Å². The van der Waals surface area contributed by atoms with Gasteiger partial charge in [0.15, 0.2) is 0 Å². The van der Waals surface area contributed by atoms with E-state index in [4.69, 9.17) is 5.73 Å². The Bertz CT molecular complexity index is 1090. The molecule has 0 aliphatic carbocycles. The van der Waals surface area contributed by atoms with Gasteiger partial charge < -0.3 is 21.7 Å². The molecule has 1 fully saturated rings. The molecule has 166 valence electrons. The third-order valence-electron chi connectivity index (χ3n) is 5.37. The van der Waals surface area contributed by atoms with E-state index in [1.54, 1.807) is 6.20 Å². The Hall–Kier alpha value is -2.28. The van der Waals surface area contributed by atoms with Crippen LogP contribution in [0.2, 0.25) is 0 Å². The number of benzene rings is 1. The molecule has 2 aromatic rings. The highest BCUT2D eigenvalue weighted by atomic mass is 79.9. The fourth-order valence-corrected chi connectivity index (χ4v) is 5.39. The average Bonchev–Trinajstić information content (AvgIpc) is 3.13. The summed E-state index contributed by atoms with van der Waals surface area (Å²) in [6.07, 6.45) is 2.94. The summed E-state index contributed by atoms with van der Waals surface area (Å²) in [7, 11) is -3.29. The van der Waals surface area contributed by atoms with Crippen molar-refractivity contribution in [1.29, 1.82) is 0 Å². The molecule has 0 radical (unpaired) electrons. The number of halogens is 1. The van der Waals surface area contributed by atoms with Crippen LogP contribution in [0, 0.1) is 0 Å². The highest BCUT2D eigenvalue weighted by molar-refractivity contribution is 9.10. The molecule has 1 amide bonds. The van der Waals surface area contributed by atoms with E-state index < -0.39 is 10.0 Å². The van der Waals surface area contributed by atoms with Gasteiger partial charge in [0.05, 0.1) is 21.5 Å². The smallest absolute Gasteiger partial charge is 0.254 e. The lowest BCUT2D eigenvalue weighted by Gasteiger charge is -2.31. The number of anilines is 3. The Morgan fingerprint density at radius 3 is 2.81 bits per heavy atom. The number of hydrogen-bond acceptors (Lipinski definition) is 8. The lowest BCUT2D eigenvalue weighted by molar-refractivity contribution is 0.0966. The number of nitrogens with zero attached hydrogens (tertiary/aromatic N) is 3. The van der Waals surface area contributed by atoms with Gasteiger partial charge in [-0.1, -0.05) is 12.1 Å². The van der Waals surface area contributed by atoms with Gasteiger partial charge in [-0.2, -0.15) is 4.98 Å². The van der Waals surface area contributed by atoms with Crippen molar-refractivity contribution in [3.8, 4) is 0 Å². The zero-order valence-electron chi connectivity index (χ0n) is 16.8. The molecule has 2 aliphatic rings. The van der Waals surface area contributed by atoms with Crippen LogP contribution in [0.25, 0.3) is 0 Å². The Kier molecular flexibility index (Phi) is 6.42. The van der Waals surface area contributed by atoms with E-state index in [0.29, 0.717) is 60.0 Å².